The monoisotopic (exact) mass is 434 g/mol. The Balaban J connectivity index is 1.35. The van der Waals surface area contributed by atoms with Gasteiger partial charge in [0.15, 0.2) is 0 Å². The SMILES string of the molecule is COc1ccc([C@H]2C[C@@H]3NC(=O)CCC[C@H]3N2Cc2ccc(OC3CCCC3)cc2)cc1. The van der Waals surface area contributed by atoms with Gasteiger partial charge in [0.05, 0.1) is 13.2 Å². The lowest BCUT2D eigenvalue weighted by Crippen LogP contribution is -2.42. The van der Waals surface area contributed by atoms with Crippen LogP contribution in [0.15, 0.2) is 48.5 Å². The third-order valence-electron chi connectivity index (χ3n) is 7.41. The van der Waals surface area contributed by atoms with E-state index in [1.54, 1.807) is 7.11 Å². The van der Waals surface area contributed by atoms with E-state index in [-0.39, 0.29) is 18.0 Å². The van der Waals surface area contributed by atoms with Crippen LogP contribution in [-0.2, 0) is 11.3 Å². The number of methoxy groups -OCH3 is 1. The van der Waals surface area contributed by atoms with Gasteiger partial charge in [0.2, 0.25) is 5.91 Å². The van der Waals surface area contributed by atoms with Crippen LogP contribution in [-0.4, -0.2) is 36.1 Å². The Morgan fingerprint density at radius 3 is 2.38 bits per heavy atom. The molecule has 2 aromatic rings. The highest BCUT2D eigenvalue weighted by Crippen LogP contribution is 2.41. The summed E-state index contributed by atoms with van der Waals surface area (Å²) in [4.78, 5) is 14.8. The van der Waals surface area contributed by atoms with Crippen molar-refractivity contribution in [3.63, 3.8) is 0 Å². The second-order valence-electron chi connectivity index (χ2n) is 9.50. The van der Waals surface area contributed by atoms with E-state index in [1.807, 2.05) is 12.1 Å². The maximum absolute atomic E-state index is 12.2. The average molecular weight is 435 g/mol. The largest absolute Gasteiger partial charge is 0.497 e. The molecule has 2 aliphatic heterocycles. The summed E-state index contributed by atoms with van der Waals surface area (Å²) >= 11 is 0. The maximum Gasteiger partial charge on any atom is 0.220 e. The van der Waals surface area contributed by atoms with Crippen LogP contribution in [0.2, 0.25) is 0 Å². The molecular formula is C27H34N2O3. The van der Waals surface area contributed by atoms with Gasteiger partial charge in [0.25, 0.3) is 0 Å². The number of fused-ring (bicyclic) bond motifs is 1. The zero-order chi connectivity index (χ0) is 21.9. The molecule has 1 saturated carbocycles. The number of ether oxygens (including phenoxy) is 2. The third-order valence-corrected chi connectivity index (χ3v) is 7.41. The molecule has 0 radical (unpaired) electrons. The summed E-state index contributed by atoms with van der Waals surface area (Å²) in [6.45, 7) is 0.872. The Kier molecular flexibility index (Phi) is 6.35. The van der Waals surface area contributed by atoms with Crippen molar-refractivity contribution in [3.05, 3.63) is 59.7 Å². The molecule has 3 aliphatic rings. The van der Waals surface area contributed by atoms with Crippen LogP contribution in [0.4, 0.5) is 0 Å². The molecule has 1 amide bonds. The van der Waals surface area contributed by atoms with E-state index in [4.69, 9.17) is 9.47 Å². The summed E-state index contributed by atoms with van der Waals surface area (Å²) in [5.74, 6) is 2.05. The quantitative estimate of drug-likeness (QED) is 0.695. The molecule has 170 valence electrons. The molecule has 3 atom stereocenters. The van der Waals surface area contributed by atoms with Gasteiger partial charge in [-0.25, -0.2) is 0 Å². The molecule has 0 bridgehead atoms. The first-order chi connectivity index (χ1) is 15.7. The fraction of sp³-hybridized carbons (Fsp3) is 0.519. The van der Waals surface area contributed by atoms with Crippen LogP contribution in [0, 0.1) is 0 Å². The number of hydrogen-bond donors (Lipinski definition) is 1. The summed E-state index contributed by atoms with van der Waals surface area (Å²) in [5.41, 5.74) is 2.58. The second kappa shape index (κ2) is 9.53. The Morgan fingerprint density at radius 1 is 0.938 bits per heavy atom. The van der Waals surface area contributed by atoms with Gasteiger partial charge in [-0.3, -0.25) is 9.69 Å². The van der Waals surface area contributed by atoms with E-state index in [0.717, 1.165) is 37.3 Å². The summed E-state index contributed by atoms with van der Waals surface area (Å²) in [5, 5.41) is 3.30. The van der Waals surface area contributed by atoms with Crippen molar-refractivity contribution in [2.75, 3.05) is 7.11 Å². The molecule has 32 heavy (non-hydrogen) atoms. The molecule has 3 fully saturated rings. The van der Waals surface area contributed by atoms with E-state index in [1.165, 1.54) is 36.8 Å². The van der Waals surface area contributed by atoms with E-state index in [2.05, 4.69) is 46.6 Å². The molecule has 5 heteroatoms. The van der Waals surface area contributed by atoms with Crippen molar-refractivity contribution in [1.82, 2.24) is 10.2 Å². The molecule has 1 N–H and O–H groups in total. The molecule has 1 aliphatic carbocycles. The van der Waals surface area contributed by atoms with Crippen LogP contribution in [0.3, 0.4) is 0 Å². The number of carbonyl (C=O) groups is 1. The number of rotatable bonds is 6. The molecule has 0 spiro atoms. The second-order valence-corrected chi connectivity index (χ2v) is 9.50. The Hall–Kier alpha value is -2.53. The normalized spacial score (nSPS) is 26.4. The fourth-order valence-electron chi connectivity index (χ4n) is 5.73. The van der Waals surface area contributed by atoms with Crippen LogP contribution >= 0.6 is 0 Å². The van der Waals surface area contributed by atoms with Gasteiger partial charge < -0.3 is 14.8 Å². The summed E-state index contributed by atoms with van der Waals surface area (Å²) in [6.07, 6.45) is 8.89. The summed E-state index contributed by atoms with van der Waals surface area (Å²) < 4.78 is 11.5. The first-order valence-electron chi connectivity index (χ1n) is 12.1. The minimum atomic E-state index is 0.196. The molecule has 0 unspecified atom stereocenters. The van der Waals surface area contributed by atoms with Crippen molar-refractivity contribution in [1.29, 1.82) is 0 Å². The molecule has 5 nitrogen and oxygen atoms in total. The van der Waals surface area contributed by atoms with Crippen LogP contribution in [0.25, 0.3) is 0 Å². The number of hydrogen-bond acceptors (Lipinski definition) is 4. The molecule has 2 aromatic carbocycles. The van der Waals surface area contributed by atoms with Crippen molar-refractivity contribution < 1.29 is 14.3 Å². The molecule has 2 saturated heterocycles. The predicted molar refractivity (Wildman–Crippen MR) is 125 cm³/mol. The highest BCUT2D eigenvalue weighted by Gasteiger charge is 2.43. The molecule has 5 rings (SSSR count). The van der Waals surface area contributed by atoms with E-state index >= 15 is 0 Å². The first kappa shape index (κ1) is 21.3. The fourth-order valence-corrected chi connectivity index (χ4v) is 5.73. The lowest BCUT2D eigenvalue weighted by Gasteiger charge is -2.31. The summed E-state index contributed by atoms with van der Waals surface area (Å²) in [7, 11) is 1.70. The Morgan fingerprint density at radius 2 is 1.66 bits per heavy atom. The molecular weight excluding hydrogens is 400 g/mol. The number of carbonyl (C=O) groups excluding carboxylic acids is 1. The van der Waals surface area contributed by atoms with Gasteiger partial charge in [0.1, 0.15) is 11.5 Å². The predicted octanol–water partition coefficient (Wildman–Crippen LogP) is 5.00. The first-order valence-corrected chi connectivity index (χ1v) is 12.1. The van der Waals surface area contributed by atoms with Gasteiger partial charge in [0, 0.05) is 31.1 Å². The number of benzene rings is 2. The summed E-state index contributed by atoms with van der Waals surface area (Å²) in [6, 6.07) is 17.9. The van der Waals surface area contributed by atoms with Crippen LogP contribution in [0.5, 0.6) is 11.5 Å². The van der Waals surface area contributed by atoms with Gasteiger partial charge in [-0.2, -0.15) is 0 Å². The van der Waals surface area contributed by atoms with Gasteiger partial charge in [-0.15, -0.1) is 0 Å². The van der Waals surface area contributed by atoms with Crippen LogP contribution in [0.1, 0.15) is 68.5 Å². The number of nitrogens with one attached hydrogen (secondary N) is 1. The minimum Gasteiger partial charge on any atom is -0.497 e. The van der Waals surface area contributed by atoms with Crippen molar-refractivity contribution in [3.8, 4) is 11.5 Å². The minimum absolute atomic E-state index is 0.196. The van der Waals surface area contributed by atoms with Gasteiger partial charge in [-0.05, 0) is 80.3 Å². The Bertz CT molecular complexity index is 906. The van der Waals surface area contributed by atoms with Crippen LogP contribution < -0.4 is 14.8 Å². The highest BCUT2D eigenvalue weighted by atomic mass is 16.5. The Labute approximate surface area is 191 Å². The van der Waals surface area contributed by atoms with E-state index < -0.39 is 0 Å². The lowest BCUT2D eigenvalue weighted by atomic mass is 10.0. The van der Waals surface area contributed by atoms with Gasteiger partial charge >= 0.3 is 0 Å². The maximum atomic E-state index is 12.2. The number of likely N-dealkylation sites (tertiary alicyclic amines) is 1. The lowest BCUT2D eigenvalue weighted by molar-refractivity contribution is -0.121. The smallest absolute Gasteiger partial charge is 0.220 e. The van der Waals surface area contributed by atoms with E-state index in [9.17, 15) is 4.79 Å². The van der Waals surface area contributed by atoms with Crippen molar-refractivity contribution in [2.45, 2.75) is 82.1 Å². The average Bonchev–Trinajstić information content (AvgIpc) is 3.39. The highest BCUT2D eigenvalue weighted by molar-refractivity contribution is 5.76. The van der Waals surface area contributed by atoms with Crippen molar-refractivity contribution >= 4 is 5.91 Å². The van der Waals surface area contributed by atoms with Gasteiger partial charge in [-0.1, -0.05) is 24.3 Å². The number of nitrogens with zero attached hydrogens (tertiary/aromatic N) is 1. The van der Waals surface area contributed by atoms with Crippen molar-refractivity contribution in [2.24, 2.45) is 0 Å². The third kappa shape index (κ3) is 4.63. The number of amides is 1. The topological polar surface area (TPSA) is 50.8 Å². The van der Waals surface area contributed by atoms with E-state index in [0.29, 0.717) is 18.6 Å². The molecule has 2 heterocycles. The standard InChI is InChI=1S/C27H34N2O3/c1-31-21-15-11-20(12-16-21)26-17-24-25(7-4-8-27(30)28-24)29(26)18-19-9-13-23(14-10-19)32-22-5-2-3-6-22/h9-16,22,24-26H,2-8,17-18H2,1H3,(H,28,30)/t24-,25+,26+/m0/s1. The molecule has 0 aromatic heterocycles. The zero-order valence-electron chi connectivity index (χ0n) is 19.0. The zero-order valence-corrected chi connectivity index (χ0v) is 19.0.